The van der Waals surface area contributed by atoms with Crippen LogP contribution in [0.15, 0.2) is 22.7 Å². The van der Waals surface area contributed by atoms with Gasteiger partial charge in [0.25, 0.3) is 4.92 Å². The van der Waals surface area contributed by atoms with E-state index in [1.165, 1.54) is 6.07 Å². The highest BCUT2D eigenvalue weighted by molar-refractivity contribution is 9.10. The van der Waals surface area contributed by atoms with Crippen LogP contribution in [-0.4, -0.2) is 28.2 Å². The Balaban J connectivity index is 2.73. The van der Waals surface area contributed by atoms with E-state index in [1.54, 1.807) is 32.9 Å². The Morgan fingerprint density at radius 2 is 2.11 bits per heavy atom. The van der Waals surface area contributed by atoms with Gasteiger partial charge in [0.15, 0.2) is 0 Å². The first-order valence-corrected chi connectivity index (χ1v) is 6.40. The van der Waals surface area contributed by atoms with Crippen molar-refractivity contribution in [2.24, 2.45) is 0 Å². The molecule has 0 heterocycles. The smallest absolute Gasteiger partial charge is 0.340 e. The minimum atomic E-state index is -0.567. The van der Waals surface area contributed by atoms with E-state index in [-0.39, 0.29) is 17.2 Å². The summed E-state index contributed by atoms with van der Waals surface area (Å²) in [5, 5.41) is 11.7. The molecule has 0 spiro atoms. The summed E-state index contributed by atoms with van der Waals surface area (Å²) in [6.45, 7) is 5.20. The quantitative estimate of drug-likeness (QED) is 0.655. The molecule has 0 atom stereocenters. The molecule has 7 heteroatoms. The Hall–Kier alpha value is -1.63. The summed E-state index contributed by atoms with van der Waals surface area (Å²) >= 11 is 3.19. The fourth-order valence-corrected chi connectivity index (χ4v) is 1.71. The number of carbonyl (C=O) groups excluding carboxylic acids is 1. The predicted octanol–water partition coefficient (Wildman–Crippen LogP) is 3.00. The first kappa shape index (κ1) is 15.4. The second kappa shape index (κ2) is 6.01. The van der Waals surface area contributed by atoms with Crippen molar-refractivity contribution in [3.63, 3.8) is 0 Å². The number of halogens is 1. The number of ether oxygens (including phenoxy) is 1. The Labute approximate surface area is 119 Å². The highest BCUT2D eigenvalue weighted by Crippen LogP contribution is 2.27. The lowest BCUT2D eigenvalue weighted by molar-refractivity contribution is -0.729. The topological polar surface area (TPSA) is 78.6 Å². The third-order valence-electron chi connectivity index (χ3n) is 2.01. The van der Waals surface area contributed by atoms with E-state index in [1.807, 2.05) is 0 Å². The number of anilines is 1. The normalized spacial score (nSPS) is 10.9. The van der Waals surface area contributed by atoms with Crippen LogP contribution < -0.4 is 5.32 Å². The number of hydrogen-bond donors (Lipinski definition) is 2. The molecule has 1 rings (SSSR count). The SMILES string of the molecule is CC(C)(C)OC(=O)CNc1ccc(Br)cc1[N+](=O)O. The van der Waals surface area contributed by atoms with Crippen LogP contribution in [0.1, 0.15) is 20.8 Å². The number of nitrogens with zero attached hydrogens (tertiary/aromatic N) is 1. The fourth-order valence-electron chi connectivity index (χ4n) is 1.36. The summed E-state index contributed by atoms with van der Waals surface area (Å²) in [6, 6.07) is 4.69. The summed E-state index contributed by atoms with van der Waals surface area (Å²) in [4.78, 5) is 22.3. The van der Waals surface area contributed by atoms with Crippen molar-refractivity contribution in [2.75, 3.05) is 11.9 Å². The van der Waals surface area contributed by atoms with Gasteiger partial charge < -0.3 is 10.1 Å². The molecule has 0 radical (unpaired) electrons. The Morgan fingerprint density at radius 3 is 2.63 bits per heavy atom. The average Bonchev–Trinajstić information content (AvgIpc) is 2.24. The van der Waals surface area contributed by atoms with E-state index < -0.39 is 11.6 Å². The van der Waals surface area contributed by atoms with E-state index in [0.717, 1.165) is 0 Å². The highest BCUT2D eigenvalue weighted by atomic mass is 79.9. The monoisotopic (exact) mass is 331 g/mol. The van der Waals surface area contributed by atoms with Gasteiger partial charge in [0.2, 0.25) is 0 Å². The maximum atomic E-state index is 11.5. The molecule has 0 saturated heterocycles. The van der Waals surface area contributed by atoms with E-state index in [2.05, 4.69) is 21.2 Å². The van der Waals surface area contributed by atoms with Gasteiger partial charge in [-0.05, 0) is 32.9 Å². The summed E-state index contributed by atoms with van der Waals surface area (Å²) in [7, 11) is 0. The van der Waals surface area contributed by atoms with E-state index in [4.69, 9.17) is 9.94 Å². The molecule has 1 aromatic carbocycles. The maximum absolute atomic E-state index is 11.5. The van der Waals surface area contributed by atoms with Crippen LogP contribution in [0.2, 0.25) is 0 Å². The van der Waals surface area contributed by atoms with Crippen molar-refractivity contribution in [3.05, 3.63) is 27.6 Å². The number of rotatable bonds is 4. The lowest BCUT2D eigenvalue weighted by Gasteiger charge is -2.19. The van der Waals surface area contributed by atoms with Gasteiger partial charge >= 0.3 is 11.7 Å². The Bertz CT molecular complexity index is 497. The molecule has 0 aliphatic heterocycles. The van der Waals surface area contributed by atoms with Crippen LogP contribution in [0.3, 0.4) is 0 Å². The van der Waals surface area contributed by atoms with Crippen molar-refractivity contribution in [1.82, 2.24) is 0 Å². The van der Waals surface area contributed by atoms with E-state index in [0.29, 0.717) is 10.2 Å². The predicted molar refractivity (Wildman–Crippen MR) is 73.6 cm³/mol. The van der Waals surface area contributed by atoms with E-state index >= 15 is 0 Å². The molecule has 0 unspecified atom stereocenters. The molecule has 0 saturated carbocycles. The summed E-state index contributed by atoms with van der Waals surface area (Å²) in [5.74, 6) is -0.447. The maximum Gasteiger partial charge on any atom is 0.340 e. The third kappa shape index (κ3) is 5.25. The zero-order valence-electron chi connectivity index (χ0n) is 10.9. The number of benzene rings is 1. The van der Waals surface area contributed by atoms with Gasteiger partial charge in [-0.3, -0.25) is 4.79 Å². The third-order valence-corrected chi connectivity index (χ3v) is 2.50. The van der Waals surface area contributed by atoms with Gasteiger partial charge in [0.05, 0.1) is 4.91 Å². The van der Waals surface area contributed by atoms with Crippen molar-refractivity contribution in [3.8, 4) is 0 Å². The van der Waals surface area contributed by atoms with Gasteiger partial charge in [-0.15, -0.1) is 0 Å². The Kier molecular flexibility index (Phi) is 4.88. The molecule has 0 aromatic heterocycles. The minimum Gasteiger partial charge on any atom is -0.459 e. The van der Waals surface area contributed by atoms with Crippen LogP contribution in [0.5, 0.6) is 0 Å². The number of nitrogens with one attached hydrogen (secondary N) is 1. The lowest BCUT2D eigenvalue weighted by Crippen LogP contribution is -2.28. The molecule has 0 aliphatic carbocycles. The second-order valence-electron chi connectivity index (χ2n) is 4.87. The lowest BCUT2D eigenvalue weighted by atomic mass is 10.2. The fraction of sp³-hybridized carbons (Fsp3) is 0.417. The number of carbonyl (C=O) groups is 1. The first-order chi connectivity index (χ1) is 8.69. The van der Waals surface area contributed by atoms with Crippen LogP contribution in [0.4, 0.5) is 11.4 Å². The average molecular weight is 332 g/mol. The van der Waals surface area contributed by atoms with Gasteiger partial charge in [-0.25, -0.2) is 5.21 Å². The molecule has 19 heavy (non-hydrogen) atoms. The zero-order chi connectivity index (χ0) is 14.6. The molecular formula is C12H16BrN2O4+. The summed E-state index contributed by atoms with van der Waals surface area (Å²) in [5.41, 5.74) is -0.215. The molecule has 104 valence electrons. The highest BCUT2D eigenvalue weighted by Gasteiger charge is 2.21. The summed E-state index contributed by atoms with van der Waals surface area (Å²) < 4.78 is 5.76. The van der Waals surface area contributed by atoms with Gasteiger partial charge in [0.1, 0.15) is 17.8 Å². The molecule has 0 amide bonds. The minimum absolute atomic E-state index is 0.0120. The van der Waals surface area contributed by atoms with Crippen LogP contribution in [-0.2, 0) is 9.53 Å². The molecule has 0 fully saturated rings. The second-order valence-corrected chi connectivity index (χ2v) is 5.79. The van der Waals surface area contributed by atoms with Gasteiger partial charge in [-0.1, -0.05) is 15.9 Å². The largest absolute Gasteiger partial charge is 0.459 e. The van der Waals surface area contributed by atoms with Crippen molar-refractivity contribution in [2.45, 2.75) is 26.4 Å². The van der Waals surface area contributed by atoms with E-state index in [9.17, 15) is 9.70 Å². The van der Waals surface area contributed by atoms with Crippen LogP contribution >= 0.6 is 15.9 Å². The molecule has 6 nitrogen and oxygen atoms in total. The van der Waals surface area contributed by atoms with Crippen LogP contribution in [0, 0.1) is 4.91 Å². The molecule has 1 aromatic rings. The first-order valence-electron chi connectivity index (χ1n) is 5.60. The van der Waals surface area contributed by atoms with Crippen molar-refractivity contribution >= 4 is 33.3 Å². The standard InChI is InChI=1S/C12H16BrN2O4/c1-12(2,3)19-11(16)7-14-9-5-4-8(13)6-10(9)15(17)18/h4-6,14H,7H2,1-3H3,(H,17,18)/q+1. The van der Waals surface area contributed by atoms with Crippen molar-refractivity contribution in [1.29, 1.82) is 0 Å². The molecule has 2 N–H and O–H groups in total. The zero-order valence-corrected chi connectivity index (χ0v) is 12.5. The molecule has 0 bridgehead atoms. The number of hydrogen-bond acceptors (Lipinski definition) is 4. The number of esters is 1. The van der Waals surface area contributed by atoms with Gasteiger partial charge in [-0.2, -0.15) is 0 Å². The van der Waals surface area contributed by atoms with Gasteiger partial charge in [0, 0.05) is 10.5 Å². The molecular weight excluding hydrogens is 316 g/mol. The molecule has 0 aliphatic rings. The van der Waals surface area contributed by atoms with Crippen LogP contribution in [0.25, 0.3) is 0 Å². The Morgan fingerprint density at radius 1 is 1.47 bits per heavy atom. The van der Waals surface area contributed by atoms with Crippen molar-refractivity contribution < 1.29 is 19.7 Å². The summed E-state index contributed by atoms with van der Waals surface area (Å²) in [6.07, 6.45) is 0.